The number of benzene rings is 1. The van der Waals surface area contributed by atoms with Gasteiger partial charge < -0.3 is 0 Å². The second kappa shape index (κ2) is 8.36. The number of carbonyl (C=O) groups is 2. The average molecular weight is 330 g/mol. The maximum atomic E-state index is 13.0. The molecule has 1 fully saturated rings. The van der Waals surface area contributed by atoms with Gasteiger partial charge in [0.05, 0.1) is 0 Å². The van der Waals surface area contributed by atoms with Crippen molar-refractivity contribution >= 4 is 11.6 Å². The molecule has 1 aliphatic rings. The minimum absolute atomic E-state index is 0.123. The van der Waals surface area contributed by atoms with Crippen molar-refractivity contribution in [3.63, 3.8) is 0 Å². The van der Waals surface area contributed by atoms with E-state index in [1.54, 1.807) is 12.1 Å². The van der Waals surface area contributed by atoms with Gasteiger partial charge in [0.15, 0.2) is 0 Å². The number of carbonyl (C=O) groups excluding carboxylic acids is 2. The number of Topliss-reactive ketones (excluding diaryl/α,β-unsaturated/α-hetero) is 2. The third-order valence-electron chi connectivity index (χ3n) is 5.43. The highest BCUT2D eigenvalue weighted by Crippen LogP contribution is 2.44. The summed E-state index contributed by atoms with van der Waals surface area (Å²) in [6.45, 7) is 5.72. The summed E-state index contributed by atoms with van der Waals surface area (Å²) >= 11 is 0. The molecule has 0 amide bonds. The van der Waals surface area contributed by atoms with Crippen LogP contribution in [0.25, 0.3) is 0 Å². The van der Waals surface area contributed by atoms with Gasteiger partial charge in [-0.05, 0) is 56.2 Å². The summed E-state index contributed by atoms with van der Waals surface area (Å²) in [5.74, 6) is 0.444. The Morgan fingerprint density at radius 2 is 1.88 bits per heavy atom. The zero-order valence-electron chi connectivity index (χ0n) is 14.5. The molecule has 0 spiro atoms. The minimum atomic E-state index is -0.355. The van der Waals surface area contributed by atoms with Gasteiger partial charge in [0.25, 0.3) is 0 Å². The molecule has 0 unspecified atom stereocenters. The summed E-state index contributed by atoms with van der Waals surface area (Å²) in [5.41, 5.74) is 0.625. The highest BCUT2D eigenvalue weighted by Gasteiger charge is 2.41. The van der Waals surface area contributed by atoms with Gasteiger partial charge in [-0.3, -0.25) is 9.59 Å². The third kappa shape index (κ3) is 4.40. The molecular weight excluding hydrogens is 303 g/mol. The zero-order valence-corrected chi connectivity index (χ0v) is 14.5. The Hall–Kier alpha value is -1.77. The van der Waals surface area contributed by atoms with Crippen molar-refractivity contribution in [2.45, 2.75) is 58.3 Å². The van der Waals surface area contributed by atoms with Crippen molar-refractivity contribution < 1.29 is 14.0 Å². The van der Waals surface area contributed by atoms with Crippen LogP contribution < -0.4 is 0 Å². The lowest BCUT2D eigenvalue weighted by atomic mass is 9.64. The van der Waals surface area contributed by atoms with Gasteiger partial charge in [0.1, 0.15) is 17.4 Å². The number of rotatable bonds is 8. The van der Waals surface area contributed by atoms with Gasteiger partial charge in [-0.25, -0.2) is 4.39 Å². The molecular formula is C21H27FO2. The molecule has 0 N–H and O–H groups in total. The number of aryl methyl sites for hydroxylation is 1. The molecule has 0 heterocycles. The van der Waals surface area contributed by atoms with Crippen molar-refractivity contribution in [3.8, 4) is 0 Å². The molecule has 24 heavy (non-hydrogen) atoms. The quantitative estimate of drug-likeness (QED) is 0.624. The van der Waals surface area contributed by atoms with E-state index >= 15 is 0 Å². The second-order valence-corrected chi connectivity index (χ2v) is 6.92. The molecule has 0 aliphatic heterocycles. The molecule has 2 nitrogen and oxygen atoms in total. The van der Waals surface area contributed by atoms with Crippen LogP contribution in [0.5, 0.6) is 0 Å². The number of ketones is 2. The molecule has 130 valence electrons. The van der Waals surface area contributed by atoms with Gasteiger partial charge >= 0.3 is 0 Å². The van der Waals surface area contributed by atoms with E-state index in [1.165, 1.54) is 12.1 Å². The van der Waals surface area contributed by atoms with Crippen molar-refractivity contribution in [2.75, 3.05) is 0 Å². The van der Waals surface area contributed by atoms with Gasteiger partial charge in [-0.2, -0.15) is 0 Å². The largest absolute Gasteiger partial charge is 0.299 e. The Labute approximate surface area is 144 Å². The summed E-state index contributed by atoms with van der Waals surface area (Å²) in [7, 11) is 0. The Morgan fingerprint density at radius 1 is 1.25 bits per heavy atom. The molecule has 3 heteroatoms. The van der Waals surface area contributed by atoms with Crippen molar-refractivity contribution in [1.29, 1.82) is 0 Å². The maximum Gasteiger partial charge on any atom is 0.139 e. The predicted octanol–water partition coefficient (Wildman–Crippen LogP) is 5.06. The Morgan fingerprint density at radius 3 is 2.42 bits per heavy atom. The van der Waals surface area contributed by atoms with E-state index in [0.717, 1.165) is 31.2 Å². The summed E-state index contributed by atoms with van der Waals surface area (Å²) in [4.78, 5) is 24.8. The van der Waals surface area contributed by atoms with Gasteiger partial charge in [-0.15, -0.1) is 6.58 Å². The molecule has 0 bridgehead atoms. The highest BCUT2D eigenvalue weighted by atomic mass is 19.1. The van der Waals surface area contributed by atoms with E-state index in [-0.39, 0.29) is 22.9 Å². The topological polar surface area (TPSA) is 34.1 Å². The molecule has 1 aliphatic carbocycles. The standard InChI is InChI=1S/C21H27FO2/c1-3-13-21(14-11-17(12-15-21)19(23)4-2)20(24)10-7-16-5-8-18(22)9-6-16/h3,5-6,8-9,17H,1,4,7,10-15H2,2H3. The second-order valence-electron chi connectivity index (χ2n) is 6.92. The Bertz CT molecular complexity index is 580. The molecule has 1 aromatic rings. The molecule has 1 aromatic carbocycles. The van der Waals surface area contributed by atoms with Crippen LogP contribution in [-0.2, 0) is 16.0 Å². The zero-order chi connectivity index (χ0) is 17.6. The van der Waals surface area contributed by atoms with E-state index in [4.69, 9.17) is 0 Å². The van der Waals surface area contributed by atoms with Crippen LogP contribution in [0, 0.1) is 17.2 Å². The van der Waals surface area contributed by atoms with Crippen LogP contribution in [0.2, 0.25) is 0 Å². The van der Waals surface area contributed by atoms with Crippen LogP contribution >= 0.6 is 0 Å². The van der Waals surface area contributed by atoms with Crippen LogP contribution in [0.3, 0.4) is 0 Å². The van der Waals surface area contributed by atoms with Crippen LogP contribution in [-0.4, -0.2) is 11.6 Å². The van der Waals surface area contributed by atoms with E-state index in [1.807, 2.05) is 13.0 Å². The molecule has 2 rings (SSSR count). The van der Waals surface area contributed by atoms with Gasteiger partial charge in [0.2, 0.25) is 0 Å². The summed E-state index contributed by atoms with van der Waals surface area (Å²) < 4.78 is 13.0. The van der Waals surface area contributed by atoms with Gasteiger partial charge in [-0.1, -0.05) is 25.1 Å². The summed E-state index contributed by atoms with van der Waals surface area (Å²) in [6, 6.07) is 6.33. The Balaban J connectivity index is 1.99. The molecule has 0 radical (unpaired) electrons. The lowest BCUT2D eigenvalue weighted by molar-refractivity contribution is -0.134. The minimum Gasteiger partial charge on any atom is -0.299 e. The fraction of sp³-hybridized carbons (Fsp3) is 0.524. The highest BCUT2D eigenvalue weighted by molar-refractivity contribution is 5.86. The lowest BCUT2D eigenvalue weighted by Gasteiger charge is -2.38. The first-order valence-electron chi connectivity index (χ1n) is 8.92. The molecule has 0 atom stereocenters. The van der Waals surface area contributed by atoms with Crippen LogP contribution in [0.1, 0.15) is 57.4 Å². The van der Waals surface area contributed by atoms with Gasteiger partial charge in [0, 0.05) is 24.2 Å². The predicted molar refractivity (Wildman–Crippen MR) is 94.2 cm³/mol. The smallest absolute Gasteiger partial charge is 0.139 e. The SMILES string of the molecule is C=CCC1(C(=O)CCc2ccc(F)cc2)CCC(C(=O)CC)CC1. The van der Waals surface area contributed by atoms with E-state index < -0.39 is 0 Å². The van der Waals surface area contributed by atoms with Crippen molar-refractivity contribution in [3.05, 3.63) is 48.3 Å². The number of allylic oxidation sites excluding steroid dienone is 1. The first-order chi connectivity index (χ1) is 11.5. The van der Waals surface area contributed by atoms with Crippen LogP contribution in [0.15, 0.2) is 36.9 Å². The van der Waals surface area contributed by atoms with Crippen molar-refractivity contribution in [2.24, 2.45) is 11.3 Å². The maximum absolute atomic E-state index is 13.0. The molecule has 1 saturated carbocycles. The third-order valence-corrected chi connectivity index (χ3v) is 5.43. The van der Waals surface area contributed by atoms with E-state index in [0.29, 0.717) is 31.5 Å². The van der Waals surface area contributed by atoms with E-state index in [9.17, 15) is 14.0 Å². The molecule has 0 saturated heterocycles. The first kappa shape index (κ1) is 18.6. The first-order valence-corrected chi connectivity index (χ1v) is 8.92. The normalized spacial score (nSPS) is 23.7. The monoisotopic (exact) mass is 330 g/mol. The number of hydrogen-bond acceptors (Lipinski definition) is 2. The van der Waals surface area contributed by atoms with E-state index in [2.05, 4.69) is 6.58 Å². The van der Waals surface area contributed by atoms with Crippen LogP contribution in [0.4, 0.5) is 4.39 Å². The Kier molecular flexibility index (Phi) is 6.47. The molecule has 0 aromatic heterocycles. The average Bonchev–Trinajstić information content (AvgIpc) is 2.61. The van der Waals surface area contributed by atoms with Crippen molar-refractivity contribution in [1.82, 2.24) is 0 Å². The number of halogens is 1. The summed E-state index contributed by atoms with van der Waals surface area (Å²) in [6.07, 6.45) is 7.36. The lowest BCUT2D eigenvalue weighted by Crippen LogP contribution is -2.37. The number of hydrogen-bond donors (Lipinski definition) is 0. The summed E-state index contributed by atoms with van der Waals surface area (Å²) in [5, 5.41) is 0. The fourth-order valence-electron chi connectivity index (χ4n) is 3.83. The fourth-order valence-corrected chi connectivity index (χ4v) is 3.83.